The summed E-state index contributed by atoms with van der Waals surface area (Å²) in [5.74, 6) is -0.436. The molecule has 1 saturated heterocycles. The first-order valence-electron chi connectivity index (χ1n) is 8.65. The monoisotopic (exact) mass is 340 g/mol. The van der Waals surface area contributed by atoms with Crippen LogP contribution in [0.5, 0.6) is 0 Å². The molecular formula is C19H24N4O2. The van der Waals surface area contributed by atoms with Crippen molar-refractivity contribution >= 4 is 11.8 Å². The molecule has 1 aliphatic heterocycles. The lowest BCUT2D eigenvalue weighted by molar-refractivity contribution is -0.130. The number of primary amides is 1. The molecule has 6 heteroatoms. The van der Waals surface area contributed by atoms with Crippen LogP contribution in [0, 0.1) is 19.8 Å². The number of hydrogen-bond donors (Lipinski definition) is 1. The molecule has 2 N–H and O–H groups in total. The summed E-state index contributed by atoms with van der Waals surface area (Å²) in [7, 11) is 0. The van der Waals surface area contributed by atoms with Gasteiger partial charge in [-0.05, 0) is 44.4 Å². The number of aryl methyl sites for hydroxylation is 1. The molecule has 2 aromatic rings. The van der Waals surface area contributed by atoms with Crippen molar-refractivity contribution in [2.24, 2.45) is 11.7 Å². The van der Waals surface area contributed by atoms with Gasteiger partial charge in [0.15, 0.2) is 0 Å². The zero-order valence-electron chi connectivity index (χ0n) is 14.7. The second-order valence-electron chi connectivity index (χ2n) is 6.62. The van der Waals surface area contributed by atoms with Crippen molar-refractivity contribution in [1.82, 2.24) is 14.7 Å². The van der Waals surface area contributed by atoms with E-state index in [1.165, 1.54) is 0 Å². The van der Waals surface area contributed by atoms with E-state index in [1.54, 1.807) is 4.90 Å². The fraction of sp³-hybridized carbons (Fsp3) is 0.421. The second kappa shape index (κ2) is 7.09. The van der Waals surface area contributed by atoms with E-state index in [4.69, 9.17) is 5.73 Å². The highest BCUT2D eigenvalue weighted by Gasteiger charge is 2.29. The van der Waals surface area contributed by atoms with Crippen LogP contribution in [0.1, 0.15) is 29.8 Å². The molecule has 1 aliphatic rings. The Balaban J connectivity index is 1.67. The number of nitrogens with zero attached hydrogens (tertiary/aromatic N) is 3. The molecule has 132 valence electrons. The summed E-state index contributed by atoms with van der Waals surface area (Å²) < 4.78 is 1.92. The van der Waals surface area contributed by atoms with Gasteiger partial charge in [-0.2, -0.15) is 5.10 Å². The molecule has 0 spiro atoms. The van der Waals surface area contributed by atoms with E-state index < -0.39 is 0 Å². The van der Waals surface area contributed by atoms with Crippen LogP contribution in [0.15, 0.2) is 30.3 Å². The Kier molecular flexibility index (Phi) is 4.88. The van der Waals surface area contributed by atoms with Crippen LogP contribution in [0.3, 0.4) is 0 Å². The molecule has 1 aromatic carbocycles. The van der Waals surface area contributed by atoms with Gasteiger partial charge in [-0.1, -0.05) is 18.2 Å². The first-order valence-corrected chi connectivity index (χ1v) is 8.65. The summed E-state index contributed by atoms with van der Waals surface area (Å²) in [6.45, 7) is 5.08. The predicted molar refractivity (Wildman–Crippen MR) is 95.2 cm³/mol. The normalized spacial score (nSPS) is 17.0. The van der Waals surface area contributed by atoms with Gasteiger partial charge < -0.3 is 10.6 Å². The van der Waals surface area contributed by atoms with Crippen LogP contribution in [-0.2, 0) is 16.0 Å². The molecule has 6 nitrogen and oxygen atoms in total. The standard InChI is InChI=1S/C19H24N4O2/c1-13-17(14(2)23(21-13)16-6-4-3-5-7-16)8-9-18(24)22-11-10-15(12-22)19(20)25/h3-7,15H,8-12H2,1-2H3,(H2,20,25). The first kappa shape index (κ1) is 17.2. The zero-order chi connectivity index (χ0) is 18.0. The quantitative estimate of drug-likeness (QED) is 0.900. The van der Waals surface area contributed by atoms with Crippen LogP contribution in [-0.4, -0.2) is 39.6 Å². The van der Waals surface area contributed by atoms with E-state index in [2.05, 4.69) is 5.10 Å². The Hall–Kier alpha value is -2.63. The van der Waals surface area contributed by atoms with E-state index >= 15 is 0 Å². The molecule has 1 fully saturated rings. The van der Waals surface area contributed by atoms with Gasteiger partial charge in [-0.3, -0.25) is 9.59 Å². The minimum absolute atomic E-state index is 0.0787. The van der Waals surface area contributed by atoms with Crippen LogP contribution < -0.4 is 5.73 Å². The zero-order valence-corrected chi connectivity index (χ0v) is 14.7. The van der Waals surface area contributed by atoms with Gasteiger partial charge in [-0.15, -0.1) is 0 Å². The van der Waals surface area contributed by atoms with Gasteiger partial charge in [-0.25, -0.2) is 4.68 Å². The molecule has 0 bridgehead atoms. The van der Waals surface area contributed by atoms with Crippen molar-refractivity contribution in [2.75, 3.05) is 13.1 Å². The number of hydrogen-bond acceptors (Lipinski definition) is 3. The van der Waals surface area contributed by atoms with Crippen LogP contribution >= 0.6 is 0 Å². The number of amides is 2. The Bertz CT molecular complexity index is 782. The minimum atomic E-state index is -0.314. The van der Waals surface area contributed by atoms with Crippen molar-refractivity contribution in [3.63, 3.8) is 0 Å². The van der Waals surface area contributed by atoms with Gasteiger partial charge in [0, 0.05) is 25.2 Å². The van der Waals surface area contributed by atoms with E-state index in [0.29, 0.717) is 32.4 Å². The molecule has 0 radical (unpaired) electrons. The van der Waals surface area contributed by atoms with E-state index in [1.807, 2.05) is 48.9 Å². The number of aromatic nitrogens is 2. The van der Waals surface area contributed by atoms with Crippen LogP contribution in [0.2, 0.25) is 0 Å². The van der Waals surface area contributed by atoms with Crippen LogP contribution in [0.4, 0.5) is 0 Å². The second-order valence-corrected chi connectivity index (χ2v) is 6.62. The maximum atomic E-state index is 12.4. The molecule has 2 heterocycles. The maximum absolute atomic E-state index is 12.4. The van der Waals surface area contributed by atoms with Crippen molar-refractivity contribution in [3.05, 3.63) is 47.3 Å². The number of carbonyl (C=O) groups excluding carboxylic acids is 2. The smallest absolute Gasteiger partial charge is 0.222 e. The lowest BCUT2D eigenvalue weighted by atomic mass is 10.1. The number of carbonyl (C=O) groups is 2. The third-order valence-electron chi connectivity index (χ3n) is 4.97. The van der Waals surface area contributed by atoms with E-state index in [-0.39, 0.29) is 17.7 Å². The Morgan fingerprint density at radius 2 is 1.96 bits per heavy atom. The molecule has 1 atom stereocenters. The number of rotatable bonds is 5. The number of para-hydroxylation sites is 1. The SMILES string of the molecule is Cc1nn(-c2ccccc2)c(C)c1CCC(=O)N1CCC(C(N)=O)C1. The van der Waals surface area contributed by atoms with Gasteiger partial charge in [0.25, 0.3) is 0 Å². The fourth-order valence-electron chi connectivity index (χ4n) is 3.47. The van der Waals surface area contributed by atoms with Gasteiger partial charge >= 0.3 is 0 Å². The number of benzene rings is 1. The highest BCUT2D eigenvalue weighted by molar-refractivity contribution is 5.81. The maximum Gasteiger partial charge on any atom is 0.222 e. The molecular weight excluding hydrogens is 316 g/mol. The summed E-state index contributed by atoms with van der Waals surface area (Å²) in [4.78, 5) is 25.4. The van der Waals surface area contributed by atoms with Crippen molar-refractivity contribution in [3.8, 4) is 5.69 Å². The van der Waals surface area contributed by atoms with Crippen molar-refractivity contribution in [2.45, 2.75) is 33.1 Å². The number of nitrogens with two attached hydrogens (primary N) is 1. The Morgan fingerprint density at radius 1 is 1.24 bits per heavy atom. The van der Waals surface area contributed by atoms with Crippen molar-refractivity contribution < 1.29 is 9.59 Å². The predicted octanol–water partition coefficient (Wildman–Crippen LogP) is 1.76. The molecule has 0 saturated carbocycles. The summed E-state index contributed by atoms with van der Waals surface area (Å²) in [5, 5.41) is 4.62. The lowest BCUT2D eigenvalue weighted by Gasteiger charge is -2.16. The highest BCUT2D eigenvalue weighted by atomic mass is 16.2. The molecule has 2 amide bonds. The van der Waals surface area contributed by atoms with Crippen LogP contribution in [0.25, 0.3) is 5.69 Å². The molecule has 1 unspecified atom stereocenters. The average molecular weight is 340 g/mol. The highest BCUT2D eigenvalue weighted by Crippen LogP contribution is 2.21. The van der Waals surface area contributed by atoms with Gasteiger partial charge in [0.1, 0.15) is 0 Å². The van der Waals surface area contributed by atoms with Crippen molar-refractivity contribution in [1.29, 1.82) is 0 Å². The summed E-state index contributed by atoms with van der Waals surface area (Å²) in [6.07, 6.45) is 1.75. The summed E-state index contributed by atoms with van der Waals surface area (Å²) >= 11 is 0. The van der Waals surface area contributed by atoms with E-state index in [9.17, 15) is 9.59 Å². The van der Waals surface area contributed by atoms with E-state index in [0.717, 1.165) is 22.6 Å². The third-order valence-corrected chi connectivity index (χ3v) is 4.97. The fourth-order valence-corrected chi connectivity index (χ4v) is 3.47. The first-order chi connectivity index (χ1) is 12.0. The molecule has 1 aromatic heterocycles. The van der Waals surface area contributed by atoms with Gasteiger partial charge in [0.2, 0.25) is 11.8 Å². The Morgan fingerprint density at radius 3 is 2.60 bits per heavy atom. The number of likely N-dealkylation sites (tertiary alicyclic amines) is 1. The molecule has 0 aliphatic carbocycles. The minimum Gasteiger partial charge on any atom is -0.369 e. The molecule has 25 heavy (non-hydrogen) atoms. The largest absolute Gasteiger partial charge is 0.369 e. The topological polar surface area (TPSA) is 81.2 Å². The van der Waals surface area contributed by atoms with Gasteiger partial charge in [0.05, 0.1) is 17.3 Å². The average Bonchev–Trinajstić information content (AvgIpc) is 3.20. The summed E-state index contributed by atoms with van der Waals surface area (Å²) in [6, 6.07) is 9.98. The Labute approximate surface area is 147 Å². The summed E-state index contributed by atoms with van der Waals surface area (Å²) in [5.41, 5.74) is 9.48. The molecule has 3 rings (SSSR count). The lowest BCUT2D eigenvalue weighted by Crippen LogP contribution is -2.31. The third kappa shape index (κ3) is 3.57.